The van der Waals surface area contributed by atoms with Gasteiger partial charge in [0.15, 0.2) is 0 Å². The first kappa shape index (κ1) is 12.7. The second-order valence-corrected chi connectivity index (χ2v) is 6.40. The van der Waals surface area contributed by atoms with Gasteiger partial charge in [-0.2, -0.15) is 0 Å². The SMILES string of the molecule is O=C(O)C1CCCN1C(=O)c1cc2c(s1)CCCC2. The molecule has 102 valence electrons. The Bertz CT molecular complexity index is 499. The van der Waals surface area contributed by atoms with Crippen LogP contribution in [0.25, 0.3) is 0 Å². The molecule has 1 aliphatic carbocycles. The van der Waals surface area contributed by atoms with Crippen molar-refractivity contribution in [3.05, 3.63) is 21.4 Å². The van der Waals surface area contributed by atoms with Crippen molar-refractivity contribution in [1.29, 1.82) is 0 Å². The van der Waals surface area contributed by atoms with E-state index in [0.717, 1.165) is 24.1 Å². The zero-order valence-corrected chi connectivity index (χ0v) is 11.5. The van der Waals surface area contributed by atoms with E-state index in [1.54, 1.807) is 11.3 Å². The number of rotatable bonds is 2. The summed E-state index contributed by atoms with van der Waals surface area (Å²) in [4.78, 5) is 27.2. The maximum Gasteiger partial charge on any atom is 0.326 e. The van der Waals surface area contributed by atoms with Crippen molar-refractivity contribution in [2.75, 3.05) is 6.54 Å². The Hall–Kier alpha value is -1.36. The average Bonchev–Trinajstić information content (AvgIpc) is 3.04. The van der Waals surface area contributed by atoms with Crippen LogP contribution in [0.3, 0.4) is 0 Å². The van der Waals surface area contributed by atoms with Crippen molar-refractivity contribution in [1.82, 2.24) is 4.90 Å². The number of carboxylic acid groups (broad SMARTS) is 1. The van der Waals surface area contributed by atoms with E-state index in [1.807, 2.05) is 6.07 Å². The Morgan fingerprint density at radius 3 is 2.79 bits per heavy atom. The lowest BCUT2D eigenvalue weighted by atomic mass is 9.99. The van der Waals surface area contributed by atoms with E-state index in [1.165, 1.54) is 28.2 Å². The van der Waals surface area contributed by atoms with Crippen LogP contribution in [0.2, 0.25) is 0 Å². The summed E-state index contributed by atoms with van der Waals surface area (Å²) in [7, 11) is 0. The molecule has 1 aliphatic heterocycles. The van der Waals surface area contributed by atoms with Gasteiger partial charge in [-0.1, -0.05) is 0 Å². The minimum atomic E-state index is -0.882. The minimum absolute atomic E-state index is 0.0932. The number of hydrogen-bond donors (Lipinski definition) is 1. The van der Waals surface area contributed by atoms with Gasteiger partial charge in [0.25, 0.3) is 5.91 Å². The fraction of sp³-hybridized carbons (Fsp3) is 0.571. The molecule has 19 heavy (non-hydrogen) atoms. The predicted molar refractivity (Wildman–Crippen MR) is 72.7 cm³/mol. The number of carboxylic acids is 1. The number of carbonyl (C=O) groups excluding carboxylic acids is 1. The summed E-state index contributed by atoms with van der Waals surface area (Å²) >= 11 is 1.56. The Morgan fingerprint density at radius 2 is 2.05 bits per heavy atom. The number of hydrogen-bond acceptors (Lipinski definition) is 3. The van der Waals surface area contributed by atoms with Crippen LogP contribution in [0, 0.1) is 0 Å². The molecule has 2 aliphatic rings. The van der Waals surface area contributed by atoms with Gasteiger partial charge < -0.3 is 10.0 Å². The average molecular weight is 279 g/mol. The molecule has 0 aromatic carbocycles. The maximum atomic E-state index is 12.5. The highest BCUT2D eigenvalue weighted by Gasteiger charge is 2.35. The van der Waals surface area contributed by atoms with E-state index in [0.29, 0.717) is 13.0 Å². The fourth-order valence-corrected chi connectivity index (χ4v) is 4.21. The number of thiophene rings is 1. The van der Waals surface area contributed by atoms with Crippen LogP contribution in [0.5, 0.6) is 0 Å². The Balaban J connectivity index is 1.83. The lowest BCUT2D eigenvalue weighted by Crippen LogP contribution is -2.40. The lowest BCUT2D eigenvalue weighted by Gasteiger charge is -2.20. The standard InChI is InChI=1S/C14H17NO3S/c16-13(15-7-3-5-10(15)14(17)18)12-8-9-4-1-2-6-11(9)19-12/h8,10H,1-7H2,(H,17,18). The monoisotopic (exact) mass is 279 g/mol. The number of aliphatic carboxylic acids is 1. The molecule has 4 nitrogen and oxygen atoms in total. The fourth-order valence-electron chi connectivity index (χ4n) is 3.00. The predicted octanol–water partition coefficient (Wildman–Crippen LogP) is 2.32. The molecule has 1 N–H and O–H groups in total. The second kappa shape index (κ2) is 4.96. The number of likely N-dealkylation sites (tertiary alicyclic amines) is 1. The maximum absolute atomic E-state index is 12.5. The molecule has 0 bridgehead atoms. The molecular weight excluding hydrogens is 262 g/mol. The van der Waals surface area contributed by atoms with Crippen LogP contribution < -0.4 is 0 Å². The highest BCUT2D eigenvalue weighted by atomic mass is 32.1. The van der Waals surface area contributed by atoms with E-state index in [9.17, 15) is 9.59 Å². The van der Waals surface area contributed by atoms with Crippen molar-refractivity contribution >= 4 is 23.2 Å². The molecule has 5 heteroatoms. The Labute approximate surface area is 116 Å². The first-order chi connectivity index (χ1) is 9.16. The highest BCUT2D eigenvalue weighted by Crippen LogP contribution is 2.31. The summed E-state index contributed by atoms with van der Waals surface area (Å²) in [5, 5.41) is 9.15. The zero-order chi connectivity index (χ0) is 13.4. The third-order valence-corrected chi connectivity index (χ3v) is 5.23. The number of carbonyl (C=O) groups is 2. The van der Waals surface area contributed by atoms with Crippen LogP contribution in [0.1, 0.15) is 45.8 Å². The smallest absolute Gasteiger partial charge is 0.326 e. The summed E-state index contributed by atoms with van der Waals surface area (Å²) in [6.45, 7) is 0.568. The third kappa shape index (κ3) is 2.27. The first-order valence-electron chi connectivity index (χ1n) is 6.82. The molecule has 1 aromatic heterocycles. The molecule has 1 aromatic rings. The molecular formula is C14H17NO3S. The van der Waals surface area contributed by atoms with Gasteiger partial charge in [-0.3, -0.25) is 4.79 Å². The molecule has 0 spiro atoms. The van der Waals surface area contributed by atoms with Gasteiger partial charge in [-0.15, -0.1) is 11.3 Å². The molecule has 2 heterocycles. The van der Waals surface area contributed by atoms with E-state index in [4.69, 9.17) is 5.11 Å². The molecule has 1 atom stereocenters. The first-order valence-corrected chi connectivity index (χ1v) is 7.64. The van der Waals surface area contributed by atoms with Crippen molar-refractivity contribution < 1.29 is 14.7 Å². The second-order valence-electron chi connectivity index (χ2n) is 5.26. The summed E-state index contributed by atoms with van der Waals surface area (Å²) in [6.07, 6.45) is 5.87. The van der Waals surface area contributed by atoms with E-state index >= 15 is 0 Å². The van der Waals surface area contributed by atoms with Crippen LogP contribution >= 0.6 is 11.3 Å². The van der Waals surface area contributed by atoms with Gasteiger partial charge in [0, 0.05) is 11.4 Å². The topological polar surface area (TPSA) is 57.6 Å². The molecule has 1 unspecified atom stereocenters. The van der Waals surface area contributed by atoms with Crippen LogP contribution in [0.4, 0.5) is 0 Å². The van der Waals surface area contributed by atoms with Crippen molar-refractivity contribution in [3.63, 3.8) is 0 Å². The van der Waals surface area contributed by atoms with Gasteiger partial charge in [0.05, 0.1) is 4.88 Å². The van der Waals surface area contributed by atoms with Crippen LogP contribution in [-0.4, -0.2) is 34.5 Å². The molecule has 0 radical (unpaired) electrons. The molecule has 1 amide bonds. The number of aryl methyl sites for hydroxylation is 2. The molecule has 3 rings (SSSR count). The Kier molecular flexibility index (Phi) is 3.31. The quantitative estimate of drug-likeness (QED) is 0.904. The third-order valence-electron chi connectivity index (χ3n) is 4.01. The van der Waals surface area contributed by atoms with Gasteiger partial charge in [-0.25, -0.2) is 4.79 Å². The number of amides is 1. The van der Waals surface area contributed by atoms with Gasteiger partial charge in [0.2, 0.25) is 0 Å². The normalized spacial score (nSPS) is 22.3. The number of nitrogens with zero attached hydrogens (tertiary/aromatic N) is 1. The largest absolute Gasteiger partial charge is 0.480 e. The Morgan fingerprint density at radius 1 is 1.26 bits per heavy atom. The van der Waals surface area contributed by atoms with Gasteiger partial charge in [0.1, 0.15) is 6.04 Å². The van der Waals surface area contributed by atoms with Crippen LogP contribution in [-0.2, 0) is 17.6 Å². The summed E-state index contributed by atoms with van der Waals surface area (Å²) in [5.41, 5.74) is 1.30. The summed E-state index contributed by atoms with van der Waals surface area (Å²) in [5.74, 6) is -0.975. The van der Waals surface area contributed by atoms with Gasteiger partial charge in [-0.05, 0) is 50.2 Å². The molecule has 1 saturated heterocycles. The van der Waals surface area contributed by atoms with Gasteiger partial charge >= 0.3 is 5.97 Å². The minimum Gasteiger partial charge on any atom is -0.480 e. The zero-order valence-electron chi connectivity index (χ0n) is 10.7. The van der Waals surface area contributed by atoms with Crippen molar-refractivity contribution in [2.24, 2.45) is 0 Å². The number of fused-ring (bicyclic) bond motifs is 1. The van der Waals surface area contributed by atoms with Crippen LogP contribution in [0.15, 0.2) is 6.07 Å². The van der Waals surface area contributed by atoms with E-state index in [-0.39, 0.29) is 5.91 Å². The van der Waals surface area contributed by atoms with Crippen molar-refractivity contribution in [3.8, 4) is 0 Å². The van der Waals surface area contributed by atoms with E-state index in [2.05, 4.69) is 0 Å². The molecule has 1 fully saturated rings. The van der Waals surface area contributed by atoms with Crippen molar-refractivity contribution in [2.45, 2.75) is 44.6 Å². The highest BCUT2D eigenvalue weighted by molar-refractivity contribution is 7.14. The summed E-state index contributed by atoms with van der Waals surface area (Å²) < 4.78 is 0. The summed E-state index contributed by atoms with van der Waals surface area (Å²) in [6, 6.07) is 1.35. The molecule has 0 saturated carbocycles. The lowest BCUT2D eigenvalue weighted by molar-refractivity contribution is -0.141. The van der Waals surface area contributed by atoms with E-state index < -0.39 is 12.0 Å².